The fourth-order valence-electron chi connectivity index (χ4n) is 2.34. The van der Waals surface area contributed by atoms with Crippen LogP contribution in [0.3, 0.4) is 0 Å². The molecule has 1 aromatic heterocycles. The smallest absolute Gasteiger partial charge is 0.110 e. The van der Waals surface area contributed by atoms with Crippen LogP contribution in [0.2, 0.25) is 0 Å². The molecule has 0 aliphatic carbocycles. The SMILES string of the molecule is CCCCCCCCC(N)Cc1nccn1CC. The van der Waals surface area contributed by atoms with Gasteiger partial charge in [-0.2, -0.15) is 0 Å². The third-order valence-corrected chi connectivity index (χ3v) is 3.52. The topological polar surface area (TPSA) is 43.8 Å². The van der Waals surface area contributed by atoms with Gasteiger partial charge in [0.2, 0.25) is 0 Å². The van der Waals surface area contributed by atoms with Gasteiger partial charge in [-0.05, 0) is 13.3 Å². The molecule has 0 spiro atoms. The monoisotopic (exact) mass is 251 g/mol. The number of rotatable bonds is 10. The van der Waals surface area contributed by atoms with Crippen LogP contribution in [0.5, 0.6) is 0 Å². The highest BCUT2D eigenvalue weighted by molar-refractivity contribution is 4.94. The van der Waals surface area contributed by atoms with Crippen LogP contribution >= 0.6 is 0 Å². The normalized spacial score (nSPS) is 12.8. The fraction of sp³-hybridized carbons (Fsp3) is 0.800. The molecule has 0 saturated carbocycles. The summed E-state index contributed by atoms with van der Waals surface area (Å²) in [6, 6.07) is 0.267. The maximum atomic E-state index is 6.18. The number of imidazole rings is 1. The van der Waals surface area contributed by atoms with Crippen molar-refractivity contribution in [2.75, 3.05) is 0 Å². The molecule has 0 radical (unpaired) electrons. The zero-order chi connectivity index (χ0) is 13.2. The Morgan fingerprint density at radius 1 is 1.17 bits per heavy atom. The number of aryl methyl sites for hydroxylation is 1. The molecule has 1 aromatic rings. The molecule has 3 nitrogen and oxygen atoms in total. The van der Waals surface area contributed by atoms with Crippen molar-refractivity contribution >= 4 is 0 Å². The highest BCUT2D eigenvalue weighted by Gasteiger charge is 2.08. The molecule has 0 amide bonds. The summed E-state index contributed by atoms with van der Waals surface area (Å²) in [5.74, 6) is 1.14. The van der Waals surface area contributed by atoms with Crippen molar-refractivity contribution in [3.05, 3.63) is 18.2 Å². The van der Waals surface area contributed by atoms with Gasteiger partial charge >= 0.3 is 0 Å². The van der Waals surface area contributed by atoms with Gasteiger partial charge < -0.3 is 10.3 Å². The number of hydrogen-bond donors (Lipinski definition) is 1. The van der Waals surface area contributed by atoms with Crippen molar-refractivity contribution in [2.45, 2.75) is 77.8 Å². The average Bonchev–Trinajstić information content (AvgIpc) is 2.80. The Kier molecular flexibility index (Phi) is 7.74. The fourth-order valence-corrected chi connectivity index (χ4v) is 2.34. The summed E-state index contributed by atoms with van der Waals surface area (Å²) in [6.45, 7) is 5.38. The van der Waals surface area contributed by atoms with E-state index in [1.54, 1.807) is 0 Å². The van der Waals surface area contributed by atoms with Gasteiger partial charge in [0.05, 0.1) is 0 Å². The Bertz CT molecular complexity index is 306. The number of nitrogens with two attached hydrogens (primary N) is 1. The Morgan fingerprint density at radius 3 is 2.61 bits per heavy atom. The zero-order valence-electron chi connectivity index (χ0n) is 12.1. The van der Waals surface area contributed by atoms with E-state index in [2.05, 4.69) is 23.4 Å². The van der Waals surface area contributed by atoms with E-state index >= 15 is 0 Å². The molecule has 1 rings (SSSR count). The number of hydrogen-bond acceptors (Lipinski definition) is 2. The Labute approximate surface area is 112 Å². The molecule has 0 aromatic carbocycles. The van der Waals surface area contributed by atoms with Gasteiger partial charge in [0.25, 0.3) is 0 Å². The minimum Gasteiger partial charge on any atom is -0.335 e. The van der Waals surface area contributed by atoms with Crippen LogP contribution in [-0.2, 0) is 13.0 Å². The van der Waals surface area contributed by atoms with Crippen LogP contribution in [0.1, 0.15) is 64.6 Å². The lowest BCUT2D eigenvalue weighted by Crippen LogP contribution is -2.24. The zero-order valence-corrected chi connectivity index (χ0v) is 12.1. The maximum absolute atomic E-state index is 6.18. The van der Waals surface area contributed by atoms with E-state index in [1.807, 2.05) is 12.4 Å². The van der Waals surface area contributed by atoms with Crippen LogP contribution in [0.15, 0.2) is 12.4 Å². The van der Waals surface area contributed by atoms with Gasteiger partial charge in [-0.3, -0.25) is 0 Å². The average molecular weight is 251 g/mol. The molecular weight excluding hydrogens is 222 g/mol. The van der Waals surface area contributed by atoms with Gasteiger partial charge in [0.1, 0.15) is 5.82 Å². The van der Waals surface area contributed by atoms with Gasteiger partial charge in [-0.25, -0.2) is 4.98 Å². The van der Waals surface area contributed by atoms with Crippen molar-refractivity contribution < 1.29 is 0 Å². The van der Waals surface area contributed by atoms with Crippen molar-refractivity contribution in [1.82, 2.24) is 9.55 Å². The summed E-state index contributed by atoms with van der Waals surface area (Å²) < 4.78 is 2.18. The van der Waals surface area contributed by atoms with E-state index in [1.165, 1.54) is 38.5 Å². The molecule has 0 saturated heterocycles. The van der Waals surface area contributed by atoms with Crippen LogP contribution in [-0.4, -0.2) is 15.6 Å². The van der Waals surface area contributed by atoms with E-state index in [9.17, 15) is 0 Å². The van der Waals surface area contributed by atoms with E-state index < -0.39 is 0 Å². The summed E-state index contributed by atoms with van der Waals surface area (Å²) in [6.07, 6.45) is 14.0. The lowest BCUT2D eigenvalue weighted by Gasteiger charge is -2.12. The summed E-state index contributed by atoms with van der Waals surface area (Å²) >= 11 is 0. The lowest BCUT2D eigenvalue weighted by atomic mass is 10.0. The maximum Gasteiger partial charge on any atom is 0.110 e. The molecule has 1 atom stereocenters. The summed E-state index contributed by atoms with van der Waals surface area (Å²) in [7, 11) is 0. The summed E-state index contributed by atoms with van der Waals surface area (Å²) in [5.41, 5.74) is 6.18. The predicted molar refractivity (Wildman–Crippen MR) is 77.6 cm³/mol. The van der Waals surface area contributed by atoms with Gasteiger partial charge in [-0.15, -0.1) is 0 Å². The Morgan fingerprint density at radius 2 is 1.89 bits per heavy atom. The predicted octanol–water partition coefficient (Wildman–Crippen LogP) is 3.52. The molecule has 0 aliphatic rings. The van der Waals surface area contributed by atoms with Crippen molar-refractivity contribution in [2.24, 2.45) is 5.73 Å². The third kappa shape index (κ3) is 5.67. The Balaban J connectivity index is 2.12. The summed E-state index contributed by atoms with van der Waals surface area (Å²) in [5, 5.41) is 0. The second-order valence-electron chi connectivity index (χ2n) is 5.15. The van der Waals surface area contributed by atoms with Gasteiger partial charge in [0.15, 0.2) is 0 Å². The molecule has 1 unspecified atom stereocenters. The van der Waals surface area contributed by atoms with Gasteiger partial charge in [0, 0.05) is 31.4 Å². The first-order valence-electron chi connectivity index (χ1n) is 7.53. The standard InChI is InChI=1S/C15H29N3/c1-3-5-6-7-8-9-10-14(16)13-15-17-11-12-18(15)4-2/h11-12,14H,3-10,13,16H2,1-2H3. The van der Waals surface area contributed by atoms with Gasteiger partial charge in [-0.1, -0.05) is 45.4 Å². The molecule has 18 heavy (non-hydrogen) atoms. The minimum atomic E-state index is 0.267. The van der Waals surface area contributed by atoms with Crippen LogP contribution in [0.4, 0.5) is 0 Å². The molecule has 1 heterocycles. The highest BCUT2D eigenvalue weighted by Crippen LogP contribution is 2.10. The first-order valence-corrected chi connectivity index (χ1v) is 7.53. The van der Waals surface area contributed by atoms with Crippen LogP contribution < -0.4 is 5.73 Å². The van der Waals surface area contributed by atoms with E-state index in [-0.39, 0.29) is 6.04 Å². The molecule has 104 valence electrons. The second kappa shape index (κ2) is 9.15. The molecule has 3 heteroatoms. The van der Waals surface area contributed by atoms with Crippen molar-refractivity contribution in [3.63, 3.8) is 0 Å². The molecule has 2 N–H and O–H groups in total. The van der Waals surface area contributed by atoms with E-state index in [0.717, 1.165) is 25.2 Å². The minimum absolute atomic E-state index is 0.267. The lowest BCUT2D eigenvalue weighted by molar-refractivity contribution is 0.517. The number of unbranched alkanes of at least 4 members (excludes halogenated alkanes) is 5. The largest absolute Gasteiger partial charge is 0.335 e. The quantitative estimate of drug-likeness (QED) is 0.647. The molecule has 0 fully saturated rings. The second-order valence-corrected chi connectivity index (χ2v) is 5.15. The van der Waals surface area contributed by atoms with E-state index in [0.29, 0.717) is 0 Å². The first-order chi connectivity index (χ1) is 8.77. The van der Waals surface area contributed by atoms with Crippen LogP contribution in [0, 0.1) is 0 Å². The van der Waals surface area contributed by atoms with Crippen molar-refractivity contribution in [3.8, 4) is 0 Å². The number of nitrogens with zero attached hydrogens (tertiary/aromatic N) is 2. The number of aromatic nitrogens is 2. The van der Waals surface area contributed by atoms with E-state index in [4.69, 9.17) is 5.73 Å². The highest BCUT2D eigenvalue weighted by atomic mass is 15.1. The third-order valence-electron chi connectivity index (χ3n) is 3.52. The molecular formula is C15H29N3. The molecule has 0 bridgehead atoms. The van der Waals surface area contributed by atoms with Crippen LogP contribution in [0.25, 0.3) is 0 Å². The van der Waals surface area contributed by atoms with Crippen molar-refractivity contribution in [1.29, 1.82) is 0 Å². The summed E-state index contributed by atoms with van der Waals surface area (Å²) in [4.78, 5) is 4.38. The molecule has 0 aliphatic heterocycles. The first kappa shape index (κ1) is 15.2. The Hall–Kier alpha value is -0.830.